The Morgan fingerprint density at radius 2 is 2.29 bits per heavy atom. The van der Waals surface area contributed by atoms with Crippen LogP contribution in [0.1, 0.15) is 12.0 Å². The summed E-state index contributed by atoms with van der Waals surface area (Å²) in [6.45, 7) is 1.77. The predicted molar refractivity (Wildman–Crippen MR) is 66.5 cm³/mol. The Balaban J connectivity index is 1.76. The summed E-state index contributed by atoms with van der Waals surface area (Å²) in [5.41, 5.74) is 1.67. The first-order valence-corrected chi connectivity index (χ1v) is 5.60. The monoisotopic (exact) mass is 226 g/mol. The van der Waals surface area contributed by atoms with Crippen LogP contribution < -0.4 is 5.32 Å². The summed E-state index contributed by atoms with van der Waals surface area (Å²) in [5.74, 6) is 0. The summed E-state index contributed by atoms with van der Waals surface area (Å²) < 4.78 is 1.91. The molecule has 0 amide bonds. The van der Waals surface area contributed by atoms with Gasteiger partial charge >= 0.3 is 0 Å². The van der Waals surface area contributed by atoms with E-state index in [9.17, 15) is 0 Å². The average molecular weight is 226 g/mol. The molecule has 2 rings (SSSR count). The van der Waals surface area contributed by atoms with E-state index >= 15 is 0 Å². The Kier molecular flexibility index (Phi) is 3.77. The number of aromatic nitrogens is 2. The third-order valence-electron chi connectivity index (χ3n) is 2.44. The highest BCUT2D eigenvalue weighted by atomic mass is 15.3. The molecule has 4 heteroatoms. The van der Waals surface area contributed by atoms with Crippen LogP contribution in [0.25, 0.3) is 0 Å². The molecule has 86 valence electrons. The molecule has 0 saturated carbocycles. The zero-order chi connectivity index (χ0) is 11.9. The molecule has 1 N–H and O–H groups in total. The van der Waals surface area contributed by atoms with Crippen LogP contribution in [0.15, 0.2) is 42.7 Å². The molecule has 17 heavy (non-hydrogen) atoms. The molecule has 2 aromatic rings. The predicted octanol–water partition coefficient (Wildman–Crippen LogP) is 2.26. The number of rotatable bonds is 5. The summed E-state index contributed by atoms with van der Waals surface area (Å²) in [5, 5.41) is 16.2. The van der Waals surface area contributed by atoms with Gasteiger partial charge in [-0.2, -0.15) is 10.4 Å². The van der Waals surface area contributed by atoms with Gasteiger partial charge in [-0.3, -0.25) is 4.68 Å². The Morgan fingerprint density at radius 3 is 3.06 bits per heavy atom. The minimum atomic E-state index is 0.682. The molecule has 0 fully saturated rings. The highest BCUT2D eigenvalue weighted by Crippen LogP contribution is 2.09. The van der Waals surface area contributed by atoms with Crippen LogP contribution in [0, 0.1) is 11.3 Å². The van der Waals surface area contributed by atoms with Gasteiger partial charge in [0, 0.05) is 31.2 Å². The van der Waals surface area contributed by atoms with E-state index < -0.39 is 0 Å². The molecule has 0 atom stereocenters. The van der Waals surface area contributed by atoms with Crippen LogP contribution in [0.3, 0.4) is 0 Å². The number of nitriles is 1. The molecule has 0 saturated heterocycles. The Morgan fingerprint density at radius 1 is 1.35 bits per heavy atom. The number of benzene rings is 1. The molecule has 0 bridgehead atoms. The van der Waals surface area contributed by atoms with E-state index in [0.717, 1.165) is 25.2 Å². The number of nitrogens with one attached hydrogen (secondary N) is 1. The topological polar surface area (TPSA) is 53.6 Å². The Hall–Kier alpha value is -2.28. The molecule has 1 aromatic heterocycles. The maximum atomic E-state index is 8.77. The molecular formula is C13H14N4. The van der Waals surface area contributed by atoms with Gasteiger partial charge < -0.3 is 5.32 Å². The Bertz CT molecular complexity index is 496. The average Bonchev–Trinajstić information content (AvgIpc) is 2.88. The second-order valence-corrected chi connectivity index (χ2v) is 3.74. The minimum Gasteiger partial charge on any atom is -0.385 e. The van der Waals surface area contributed by atoms with E-state index in [2.05, 4.69) is 16.5 Å². The zero-order valence-electron chi connectivity index (χ0n) is 9.50. The summed E-state index contributed by atoms with van der Waals surface area (Å²) in [4.78, 5) is 0. The van der Waals surface area contributed by atoms with E-state index in [1.54, 1.807) is 12.3 Å². The van der Waals surface area contributed by atoms with E-state index in [1.807, 2.05) is 35.1 Å². The normalized spacial score (nSPS) is 9.82. The third kappa shape index (κ3) is 3.35. The van der Waals surface area contributed by atoms with Gasteiger partial charge in [0.15, 0.2) is 0 Å². The first kappa shape index (κ1) is 11.2. The van der Waals surface area contributed by atoms with Crippen molar-refractivity contribution in [3.63, 3.8) is 0 Å². The van der Waals surface area contributed by atoms with Crippen LogP contribution in [-0.2, 0) is 6.54 Å². The van der Waals surface area contributed by atoms with Crippen molar-refractivity contribution < 1.29 is 0 Å². The SMILES string of the molecule is N#Cc1cccc(NCCCn2cccn2)c1. The molecule has 4 nitrogen and oxygen atoms in total. The van der Waals surface area contributed by atoms with E-state index in [4.69, 9.17) is 5.26 Å². The van der Waals surface area contributed by atoms with Crippen molar-refractivity contribution >= 4 is 5.69 Å². The van der Waals surface area contributed by atoms with Crippen LogP contribution >= 0.6 is 0 Å². The summed E-state index contributed by atoms with van der Waals surface area (Å²) in [6, 6.07) is 11.6. The second-order valence-electron chi connectivity index (χ2n) is 3.74. The fourth-order valence-electron chi connectivity index (χ4n) is 1.61. The lowest BCUT2D eigenvalue weighted by molar-refractivity contribution is 0.592. The molecule has 0 aliphatic rings. The molecule has 0 radical (unpaired) electrons. The Labute approximate surface area is 100 Å². The lowest BCUT2D eigenvalue weighted by Crippen LogP contribution is -2.07. The van der Waals surface area contributed by atoms with Gasteiger partial charge in [0.1, 0.15) is 0 Å². The van der Waals surface area contributed by atoms with Crippen molar-refractivity contribution in [1.29, 1.82) is 5.26 Å². The summed E-state index contributed by atoms with van der Waals surface area (Å²) in [6.07, 6.45) is 4.73. The number of hydrogen-bond donors (Lipinski definition) is 1. The van der Waals surface area contributed by atoms with Crippen LogP contribution in [-0.4, -0.2) is 16.3 Å². The molecule has 0 spiro atoms. The van der Waals surface area contributed by atoms with Crippen molar-refractivity contribution in [2.24, 2.45) is 0 Å². The van der Waals surface area contributed by atoms with Crippen molar-refractivity contribution in [2.45, 2.75) is 13.0 Å². The van der Waals surface area contributed by atoms with E-state index in [1.165, 1.54) is 0 Å². The summed E-state index contributed by atoms with van der Waals surface area (Å²) >= 11 is 0. The van der Waals surface area contributed by atoms with Crippen molar-refractivity contribution in [1.82, 2.24) is 9.78 Å². The van der Waals surface area contributed by atoms with E-state index in [0.29, 0.717) is 5.56 Å². The summed E-state index contributed by atoms with van der Waals surface area (Å²) in [7, 11) is 0. The number of anilines is 1. The maximum absolute atomic E-state index is 8.77. The van der Waals surface area contributed by atoms with Gasteiger partial charge in [-0.1, -0.05) is 6.07 Å². The quantitative estimate of drug-likeness (QED) is 0.795. The molecule has 0 aliphatic carbocycles. The van der Waals surface area contributed by atoms with Crippen molar-refractivity contribution in [2.75, 3.05) is 11.9 Å². The number of hydrogen-bond acceptors (Lipinski definition) is 3. The standard InChI is InChI=1S/C13H14N4/c14-11-12-4-1-5-13(10-12)15-6-2-8-17-9-3-7-16-17/h1,3-5,7,9-10,15H,2,6,8H2. The smallest absolute Gasteiger partial charge is 0.0992 e. The van der Waals surface area contributed by atoms with Gasteiger partial charge in [-0.25, -0.2) is 0 Å². The van der Waals surface area contributed by atoms with Gasteiger partial charge in [-0.15, -0.1) is 0 Å². The zero-order valence-corrected chi connectivity index (χ0v) is 9.50. The highest BCUT2D eigenvalue weighted by molar-refractivity contribution is 5.48. The first-order valence-electron chi connectivity index (χ1n) is 5.60. The lowest BCUT2D eigenvalue weighted by atomic mass is 10.2. The van der Waals surface area contributed by atoms with Crippen LogP contribution in [0.4, 0.5) is 5.69 Å². The van der Waals surface area contributed by atoms with Gasteiger partial charge in [0.2, 0.25) is 0 Å². The van der Waals surface area contributed by atoms with Crippen molar-refractivity contribution in [3.05, 3.63) is 48.3 Å². The number of nitrogens with zero attached hydrogens (tertiary/aromatic N) is 3. The van der Waals surface area contributed by atoms with Crippen LogP contribution in [0.5, 0.6) is 0 Å². The molecule has 1 heterocycles. The van der Waals surface area contributed by atoms with Gasteiger partial charge in [0.25, 0.3) is 0 Å². The molecule has 0 aliphatic heterocycles. The fraction of sp³-hybridized carbons (Fsp3) is 0.231. The molecule has 1 aromatic carbocycles. The fourth-order valence-corrected chi connectivity index (χ4v) is 1.61. The third-order valence-corrected chi connectivity index (χ3v) is 2.44. The first-order chi connectivity index (χ1) is 8.38. The van der Waals surface area contributed by atoms with Crippen LogP contribution in [0.2, 0.25) is 0 Å². The highest BCUT2D eigenvalue weighted by Gasteiger charge is 1.95. The van der Waals surface area contributed by atoms with E-state index in [-0.39, 0.29) is 0 Å². The largest absolute Gasteiger partial charge is 0.385 e. The second kappa shape index (κ2) is 5.71. The van der Waals surface area contributed by atoms with Gasteiger partial charge in [-0.05, 0) is 30.7 Å². The van der Waals surface area contributed by atoms with Crippen molar-refractivity contribution in [3.8, 4) is 6.07 Å². The maximum Gasteiger partial charge on any atom is 0.0992 e. The van der Waals surface area contributed by atoms with Gasteiger partial charge in [0.05, 0.1) is 11.6 Å². The minimum absolute atomic E-state index is 0.682. The molecule has 0 unspecified atom stereocenters. The molecular weight excluding hydrogens is 212 g/mol. The number of aryl methyl sites for hydroxylation is 1. The lowest BCUT2D eigenvalue weighted by Gasteiger charge is -2.06.